The normalized spacial score (nSPS) is 24.9. The summed E-state index contributed by atoms with van der Waals surface area (Å²) >= 11 is 0. The molecule has 1 saturated heterocycles. The van der Waals surface area contributed by atoms with Crippen molar-refractivity contribution in [1.29, 1.82) is 0 Å². The first-order chi connectivity index (χ1) is 6.53. The molecule has 84 valence electrons. The SMILES string of the molecule is COCC(C)(O)CN1CCN(C)CC1. The van der Waals surface area contributed by atoms with Crippen molar-refractivity contribution in [1.82, 2.24) is 9.80 Å². The second-order valence-electron chi connectivity index (χ2n) is 4.51. The molecule has 0 aliphatic carbocycles. The molecular formula is C10H22N2O2. The lowest BCUT2D eigenvalue weighted by Crippen LogP contribution is -2.51. The highest BCUT2D eigenvalue weighted by atomic mass is 16.5. The number of likely N-dealkylation sites (N-methyl/N-ethyl adjacent to an activating group) is 1. The van der Waals surface area contributed by atoms with Crippen molar-refractivity contribution in [2.75, 3.05) is 53.5 Å². The van der Waals surface area contributed by atoms with E-state index in [1.165, 1.54) is 0 Å². The molecule has 0 aromatic heterocycles. The molecule has 1 fully saturated rings. The molecule has 4 nitrogen and oxygen atoms in total. The lowest BCUT2D eigenvalue weighted by Gasteiger charge is -2.36. The van der Waals surface area contributed by atoms with Gasteiger partial charge in [-0.2, -0.15) is 0 Å². The molecule has 1 aliphatic rings. The van der Waals surface area contributed by atoms with Crippen molar-refractivity contribution in [2.24, 2.45) is 0 Å². The van der Waals surface area contributed by atoms with E-state index in [4.69, 9.17) is 4.74 Å². The third-order valence-corrected chi connectivity index (χ3v) is 2.62. The predicted octanol–water partition coefficient (Wildman–Crippen LogP) is -0.369. The largest absolute Gasteiger partial charge is 0.386 e. The van der Waals surface area contributed by atoms with Crippen LogP contribution in [0.1, 0.15) is 6.92 Å². The predicted molar refractivity (Wildman–Crippen MR) is 56.4 cm³/mol. The first-order valence-electron chi connectivity index (χ1n) is 5.16. The third kappa shape index (κ3) is 3.92. The summed E-state index contributed by atoms with van der Waals surface area (Å²) in [6.45, 7) is 7.18. The van der Waals surface area contributed by atoms with E-state index in [0.29, 0.717) is 13.2 Å². The Balaban J connectivity index is 2.29. The molecule has 1 atom stereocenters. The number of piperazine rings is 1. The fourth-order valence-corrected chi connectivity index (χ4v) is 1.84. The van der Waals surface area contributed by atoms with E-state index in [1.54, 1.807) is 7.11 Å². The fourth-order valence-electron chi connectivity index (χ4n) is 1.84. The number of aliphatic hydroxyl groups is 1. The van der Waals surface area contributed by atoms with Gasteiger partial charge in [0, 0.05) is 39.8 Å². The van der Waals surface area contributed by atoms with Gasteiger partial charge in [-0.15, -0.1) is 0 Å². The topological polar surface area (TPSA) is 35.9 Å². The van der Waals surface area contributed by atoms with Gasteiger partial charge in [0.2, 0.25) is 0 Å². The maximum Gasteiger partial charge on any atom is 0.0978 e. The van der Waals surface area contributed by atoms with Gasteiger partial charge in [0.1, 0.15) is 0 Å². The molecule has 0 radical (unpaired) electrons. The van der Waals surface area contributed by atoms with Crippen molar-refractivity contribution in [2.45, 2.75) is 12.5 Å². The van der Waals surface area contributed by atoms with Gasteiger partial charge in [-0.05, 0) is 14.0 Å². The third-order valence-electron chi connectivity index (χ3n) is 2.62. The average Bonchev–Trinajstić information content (AvgIpc) is 2.08. The van der Waals surface area contributed by atoms with Crippen molar-refractivity contribution < 1.29 is 9.84 Å². The molecule has 0 amide bonds. The number of hydrogen-bond donors (Lipinski definition) is 1. The molecule has 1 aliphatic heterocycles. The van der Waals surface area contributed by atoms with Crippen LogP contribution in [0.15, 0.2) is 0 Å². The number of ether oxygens (including phenoxy) is 1. The average molecular weight is 202 g/mol. The Morgan fingerprint density at radius 3 is 2.36 bits per heavy atom. The zero-order chi connectivity index (χ0) is 10.6. The van der Waals surface area contributed by atoms with Crippen molar-refractivity contribution in [3.63, 3.8) is 0 Å². The highest BCUT2D eigenvalue weighted by molar-refractivity contribution is 4.80. The standard InChI is InChI=1S/C10H22N2O2/c1-10(13,9-14-3)8-12-6-4-11(2)5-7-12/h13H,4-9H2,1-3H3. The van der Waals surface area contributed by atoms with Crippen LogP contribution in [-0.2, 0) is 4.74 Å². The van der Waals surface area contributed by atoms with Crippen LogP contribution in [-0.4, -0.2) is 74.0 Å². The van der Waals surface area contributed by atoms with Gasteiger partial charge in [-0.1, -0.05) is 0 Å². The first-order valence-corrected chi connectivity index (χ1v) is 5.16. The highest BCUT2D eigenvalue weighted by Crippen LogP contribution is 2.09. The van der Waals surface area contributed by atoms with E-state index in [2.05, 4.69) is 16.8 Å². The van der Waals surface area contributed by atoms with E-state index in [9.17, 15) is 5.11 Å². The number of hydrogen-bond acceptors (Lipinski definition) is 4. The van der Waals surface area contributed by atoms with Crippen LogP contribution in [0.25, 0.3) is 0 Å². The van der Waals surface area contributed by atoms with Crippen molar-refractivity contribution >= 4 is 0 Å². The zero-order valence-electron chi connectivity index (χ0n) is 9.49. The van der Waals surface area contributed by atoms with Gasteiger partial charge >= 0.3 is 0 Å². The summed E-state index contributed by atoms with van der Waals surface area (Å²) in [5.41, 5.74) is -0.718. The second kappa shape index (κ2) is 5.07. The quantitative estimate of drug-likeness (QED) is 0.675. The molecule has 1 unspecified atom stereocenters. The van der Waals surface area contributed by atoms with Gasteiger partial charge in [0.25, 0.3) is 0 Å². The molecular weight excluding hydrogens is 180 g/mol. The highest BCUT2D eigenvalue weighted by Gasteiger charge is 2.25. The van der Waals surface area contributed by atoms with Crippen LogP contribution in [0.4, 0.5) is 0 Å². The van der Waals surface area contributed by atoms with E-state index >= 15 is 0 Å². The minimum absolute atomic E-state index is 0.402. The molecule has 0 spiro atoms. The minimum Gasteiger partial charge on any atom is -0.386 e. The summed E-state index contributed by atoms with van der Waals surface area (Å²) in [7, 11) is 3.75. The summed E-state index contributed by atoms with van der Waals surface area (Å²) in [4.78, 5) is 4.60. The van der Waals surface area contributed by atoms with Crippen LogP contribution in [0.2, 0.25) is 0 Å². The van der Waals surface area contributed by atoms with Crippen LogP contribution in [0, 0.1) is 0 Å². The molecule has 0 aromatic carbocycles. The lowest BCUT2D eigenvalue weighted by atomic mass is 10.1. The number of nitrogens with zero attached hydrogens (tertiary/aromatic N) is 2. The fraction of sp³-hybridized carbons (Fsp3) is 1.00. The molecule has 1 heterocycles. The second-order valence-corrected chi connectivity index (χ2v) is 4.51. The zero-order valence-corrected chi connectivity index (χ0v) is 9.49. The Labute approximate surface area is 86.4 Å². The molecule has 4 heteroatoms. The van der Waals surface area contributed by atoms with Crippen LogP contribution >= 0.6 is 0 Å². The Kier molecular flexibility index (Phi) is 4.31. The van der Waals surface area contributed by atoms with Gasteiger partial charge in [-0.25, -0.2) is 0 Å². The lowest BCUT2D eigenvalue weighted by molar-refractivity contribution is -0.0456. The summed E-state index contributed by atoms with van der Waals surface area (Å²) in [5, 5.41) is 9.95. The molecule has 0 aromatic rings. The maximum atomic E-state index is 9.95. The van der Waals surface area contributed by atoms with Gasteiger partial charge in [-0.3, -0.25) is 4.90 Å². The first kappa shape index (κ1) is 11.9. The van der Waals surface area contributed by atoms with E-state index in [-0.39, 0.29) is 0 Å². The summed E-state index contributed by atoms with van der Waals surface area (Å²) in [6.07, 6.45) is 0. The molecule has 14 heavy (non-hydrogen) atoms. The van der Waals surface area contributed by atoms with Gasteiger partial charge in [0.05, 0.1) is 12.2 Å². The Morgan fingerprint density at radius 1 is 1.29 bits per heavy atom. The molecule has 0 bridgehead atoms. The van der Waals surface area contributed by atoms with Gasteiger partial charge < -0.3 is 14.7 Å². The van der Waals surface area contributed by atoms with Crippen molar-refractivity contribution in [3.8, 4) is 0 Å². The number of rotatable bonds is 4. The van der Waals surface area contributed by atoms with E-state index in [0.717, 1.165) is 26.2 Å². The summed E-state index contributed by atoms with van der Waals surface area (Å²) < 4.78 is 4.98. The van der Waals surface area contributed by atoms with Gasteiger partial charge in [0.15, 0.2) is 0 Å². The monoisotopic (exact) mass is 202 g/mol. The van der Waals surface area contributed by atoms with Crippen LogP contribution in [0.5, 0.6) is 0 Å². The number of methoxy groups -OCH3 is 1. The number of β-amino-alcohol motifs (C(OH)–C–C–N with tert-alkyl or cyclic N) is 1. The van der Waals surface area contributed by atoms with E-state index in [1.807, 2.05) is 6.92 Å². The Bertz CT molecular complexity index is 166. The van der Waals surface area contributed by atoms with Crippen LogP contribution in [0.3, 0.4) is 0 Å². The van der Waals surface area contributed by atoms with E-state index < -0.39 is 5.60 Å². The Hall–Kier alpha value is -0.160. The molecule has 1 rings (SSSR count). The minimum atomic E-state index is -0.718. The summed E-state index contributed by atoms with van der Waals surface area (Å²) in [5.74, 6) is 0. The van der Waals surface area contributed by atoms with Crippen molar-refractivity contribution in [3.05, 3.63) is 0 Å². The summed E-state index contributed by atoms with van der Waals surface area (Å²) in [6, 6.07) is 0. The molecule has 0 saturated carbocycles. The smallest absolute Gasteiger partial charge is 0.0978 e. The van der Waals surface area contributed by atoms with Crippen LogP contribution < -0.4 is 0 Å². The molecule has 1 N–H and O–H groups in total. The maximum absolute atomic E-state index is 9.95. The Morgan fingerprint density at radius 2 is 1.86 bits per heavy atom.